The van der Waals surface area contributed by atoms with Gasteiger partial charge in [-0.3, -0.25) is 4.79 Å². The highest BCUT2D eigenvalue weighted by Gasteiger charge is 2.14. The SMILES string of the molecule is O=C(Nc1ccccc1F)c1ccc2nc3c4ccccc4c4ccccc4c3nc2c1. The molecule has 6 rings (SSSR count). The Morgan fingerprint density at radius 1 is 0.656 bits per heavy atom. The molecule has 1 N–H and O–H groups in total. The van der Waals surface area contributed by atoms with Crippen LogP contribution in [0, 0.1) is 5.82 Å². The Kier molecular flexibility index (Phi) is 4.08. The molecule has 1 amide bonds. The number of aromatic nitrogens is 2. The van der Waals surface area contributed by atoms with Crippen LogP contribution in [0.1, 0.15) is 10.4 Å². The molecule has 1 aromatic heterocycles. The number of hydrogen-bond acceptors (Lipinski definition) is 3. The van der Waals surface area contributed by atoms with E-state index in [1.165, 1.54) is 12.1 Å². The van der Waals surface area contributed by atoms with Gasteiger partial charge in [0, 0.05) is 16.3 Å². The minimum absolute atomic E-state index is 0.139. The number of benzene rings is 5. The first-order valence-corrected chi connectivity index (χ1v) is 10.3. The highest BCUT2D eigenvalue weighted by molar-refractivity contribution is 6.23. The van der Waals surface area contributed by atoms with Gasteiger partial charge in [0.1, 0.15) is 5.82 Å². The quantitative estimate of drug-likeness (QED) is 0.259. The van der Waals surface area contributed by atoms with E-state index >= 15 is 0 Å². The van der Waals surface area contributed by atoms with E-state index in [0.717, 1.165) is 32.6 Å². The van der Waals surface area contributed by atoms with Crippen molar-refractivity contribution in [1.82, 2.24) is 9.97 Å². The number of nitrogens with one attached hydrogen (secondary N) is 1. The summed E-state index contributed by atoms with van der Waals surface area (Å²) in [5.41, 5.74) is 3.45. The van der Waals surface area contributed by atoms with Gasteiger partial charge in [-0.15, -0.1) is 0 Å². The Bertz CT molecular complexity index is 1690. The maximum Gasteiger partial charge on any atom is 0.255 e. The van der Waals surface area contributed by atoms with Gasteiger partial charge in [-0.05, 0) is 41.1 Å². The van der Waals surface area contributed by atoms with Gasteiger partial charge in [0.25, 0.3) is 5.91 Å². The number of amides is 1. The van der Waals surface area contributed by atoms with Crippen LogP contribution in [0.15, 0.2) is 91.0 Å². The van der Waals surface area contributed by atoms with Crippen LogP contribution in [-0.4, -0.2) is 15.9 Å². The van der Waals surface area contributed by atoms with Crippen LogP contribution < -0.4 is 5.32 Å². The third-order valence-electron chi connectivity index (χ3n) is 5.70. The van der Waals surface area contributed by atoms with Crippen molar-refractivity contribution in [3.63, 3.8) is 0 Å². The summed E-state index contributed by atoms with van der Waals surface area (Å²) in [7, 11) is 0. The van der Waals surface area contributed by atoms with E-state index in [1.807, 2.05) is 30.3 Å². The lowest BCUT2D eigenvalue weighted by Gasteiger charge is -2.11. The lowest BCUT2D eigenvalue weighted by Crippen LogP contribution is -2.13. The van der Waals surface area contributed by atoms with Crippen molar-refractivity contribution in [3.05, 3.63) is 102 Å². The predicted octanol–water partition coefficient (Wildman–Crippen LogP) is 6.48. The van der Waals surface area contributed by atoms with Gasteiger partial charge in [0.2, 0.25) is 0 Å². The smallest absolute Gasteiger partial charge is 0.255 e. The number of halogens is 1. The van der Waals surface area contributed by atoms with Crippen LogP contribution in [0.4, 0.5) is 10.1 Å². The Morgan fingerprint density at radius 2 is 1.22 bits per heavy atom. The van der Waals surface area contributed by atoms with Crippen molar-refractivity contribution in [2.45, 2.75) is 0 Å². The number of fused-ring (bicyclic) bond motifs is 7. The number of hydrogen-bond donors (Lipinski definition) is 1. The van der Waals surface area contributed by atoms with E-state index < -0.39 is 11.7 Å². The first kappa shape index (κ1) is 18.4. The standard InChI is InChI=1S/C27H16FN3O/c28-21-11-5-6-12-22(21)31-27(32)16-13-14-23-24(15-16)30-26-20-10-4-2-8-18(20)17-7-1-3-9-19(17)25(26)29-23/h1-15H,(H,31,32). The molecule has 1 heterocycles. The molecular weight excluding hydrogens is 401 g/mol. The Hall–Kier alpha value is -4.38. The molecule has 0 saturated carbocycles. The summed E-state index contributed by atoms with van der Waals surface area (Å²) in [5, 5.41) is 6.91. The molecule has 5 heteroatoms. The summed E-state index contributed by atoms with van der Waals surface area (Å²) in [4.78, 5) is 22.5. The van der Waals surface area contributed by atoms with Crippen molar-refractivity contribution < 1.29 is 9.18 Å². The fourth-order valence-corrected chi connectivity index (χ4v) is 4.18. The van der Waals surface area contributed by atoms with E-state index in [4.69, 9.17) is 9.97 Å². The molecule has 32 heavy (non-hydrogen) atoms. The van der Waals surface area contributed by atoms with Crippen LogP contribution >= 0.6 is 0 Å². The number of anilines is 1. The zero-order valence-corrected chi connectivity index (χ0v) is 16.8. The topological polar surface area (TPSA) is 54.9 Å². The lowest BCUT2D eigenvalue weighted by molar-refractivity contribution is 0.102. The number of carbonyl (C=O) groups is 1. The number of nitrogens with zero attached hydrogens (tertiary/aromatic N) is 2. The second-order valence-electron chi connectivity index (χ2n) is 7.65. The van der Waals surface area contributed by atoms with Gasteiger partial charge in [-0.2, -0.15) is 0 Å². The van der Waals surface area contributed by atoms with E-state index in [-0.39, 0.29) is 5.69 Å². The fourth-order valence-electron chi connectivity index (χ4n) is 4.18. The Morgan fingerprint density at radius 3 is 1.88 bits per heavy atom. The molecule has 4 nitrogen and oxygen atoms in total. The van der Waals surface area contributed by atoms with Gasteiger partial charge in [0.15, 0.2) is 0 Å². The summed E-state index contributed by atoms with van der Waals surface area (Å²) in [5.74, 6) is -0.881. The summed E-state index contributed by atoms with van der Waals surface area (Å²) in [6.07, 6.45) is 0. The van der Waals surface area contributed by atoms with E-state index in [1.54, 1.807) is 30.3 Å². The molecule has 0 aliphatic carbocycles. The molecule has 0 unspecified atom stereocenters. The molecule has 0 atom stereocenters. The number of rotatable bonds is 2. The first-order chi connectivity index (χ1) is 15.7. The molecule has 0 radical (unpaired) electrons. The van der Waals surface area contributed by atoms with Crippen LogP contribution in [0.3, 0.4) is 0 Å². The van der Waals surface area contributed by atoms with Gasteiger partial charge in [-0.1, -0.05) is 60.7 Å². The van der Waals surface area contributed by atoms with Crippen LogP contribution in [0.25, 0.3) is 43.6 Å². The normalized spacial score (nSPS) is 11.4. The van der Waals surface area contributed by atoms with Gasteiger partial charge < -0.3 is 5.32 Å². The molecule has 0 fully saturated rings. The lowest BCUT2D eigenvalue weighted by atomic mass is 9.99. The van der Waals surface area contributed by atoms with Crippen LogP contribution in [0.2, 0.25) is 0 Å². The summed E-state index contributed by atoms with van der Waals surface area (Å²) < 4.78 is 13.9. The van der Waals surface area contributed by atoms with E-state index in [9.17, 15) is 9.18 Å². The second kappa shape index (κ2) is 7.10. The molecule has 0 saturated heterocycles. The average Bonchev–Trinajstić information content (AvgIpc) is 2.84. The highest BCUT2D eigenvalue weighted by atomic mass is 19.1. The minimum Gasteiger partial charge on any atom is -0.319 e. The van der Waals surface area contributed by atoms with E-state index in [0.29, 0.717) is 16.6 Å². The van der Waals surface area contributed by atoms with Crippen molar-refractivity contribution in [3.8, 4) is 0 Å². The van der Waals surface area contributed by atoms with Crippen molar-refractivity contribution in [2.75, 3.05) is 5.32 Å². The maximum atomic E-state index is 13.9. The summed E-state index contributed by atoms with van der Waals surface area (Å²) in [6, 6.07) is 27.5. The number of para-hydroxylation sites is 1. The Labute approximate surface area is 182 Å². The fraction of sp³-hybridized carbons (Fsp3) is 0. The summed E-state index contributed by atoms with van der Waals surface area (Å²) >= 11 is 0. The molecule has 152 valence electrons. The minimum atomic E-state index is -0.481. The molecule has 6 aromatic rings. The summed E-state index contributed by atoms with van der Waals surface area (Å²) in [6.45, 7) is 0. The van der Waals surface area contributed by atoms with Crippen LogP contribution in [-0.2, 0) is 0 Å². The zero-order valence-electron chi connectivity index (χ0n) is 16.8. The number of carbonyl (C=O) groups excluding carboxylic acids is 1. The van der Waals surface area contributed by atoms with Crippen molar-refractivity contribution in [2.24, 2.45) is 0 Å². The van der Waals surface area contributed by atoms with Gasteiger partial charge >= 0.3 is 0 Å². The largest absolute Gasteiger partial charge is 0.319 e. The second-order valence-corrected chi connectivity index (χ2v) is 7.65. The molecular formula is C27H16FN3O. The third kappa shape index (κ3) is 2.87. The third-order valence-corrected chi connectivity index (χ3v) is 5.70. The maximum absolute atomic E-state index is 13.9. The Balaban J connectivity index is 1.55. The zero-order chi connectivity index (χ0) is 21.7. The molecule has 0 aliphatic heterocycles. The highest BCUT2D eigenvalue weighted by Crippen LogP contribution is 2.34. The molecule has 0 aliphatic rings. The molecule has 0 bridgehead atoms. The van der Waals surface area contributed by atoms with E-state index in [2.05, 4.69) is 23.5 Å². The molecule has 0 spiro atoms. The van der Waals surface area contributed by atoms with Gasteiger partial charge in [0.05, 0.1) is 27.8 Å². The molecule has 5 aromatic carbocycles. The predicted molar refractivity (Wildman–Crippen MR) is 126 cm³/mol. The first-order valence-electron chi connectivity index (χ1n) is 10.3. The van der Waals surface area contributed by atoms with Crippen LogP contribution in [0.5, 0.6) is 0 Å². The van der Waals surface area contributed by atoms with Crippen molar-refractivity contribution in [1.29, 1.82) is 0 Å². The average molecular weight is 417 g/mol. The van der Waals surface area contributed by atoms with Gasteiger partial charge in [-0.25, -0.2) is 14.4 Å². The monoisotopic (exact) mass is 417 g/mol. The van der Waals surface area contributed by atoms with Crippen molar-refractivity contribution >= 4 is 55.2 Å².